The number of carbonyl (C=O) groups is 3. The highest BCUT2D eigenvalue weighted by Crippen LogP contribution is 2.38. The topological polar surface area (TPSA) is 152 Å². The van der Waals surface area contributed by atoms with Gasteiger partial charge in [-0.05, 0) is 30.9 Å². The van der Waals surface area contributed by atoms with Crippen molar-refractivity contribution in [3.8, 4) is 0 Å². The van der Waals surface area contributed by atoms with Gasteiger partial charge in [0.25, 0.3) is 5.91 Å². The van der Waals surface area contributed by atoms with Gasteiger partial charge in [0.2, 0.25) is 11.9 Å². The molecule has 1 saturated carbocycles. The fourth-order valence-electron chi connectivity index (χ4n) is 4.17. The largest absolute Gasteiger partial charge is 0.456 e. The van der Waals surface area contributed by atoms with E-state index in [0.717, 1.165) is 29.8 Å². The summed E-state index contributed by atoms with van der Waals surface area (Å²) in [5, 5.41) is 5.80. The summed E-state index contributed by atoms with van der Waals surface area (Å²) in [6, 6.07) is 8.67. The van der Waals surface area contributed by atoms with Crippen molar-refractivity contribution in [3.63, 3.8) is 0 Å². The second-order valence-corrected chi connectivity index (χ2v) is 8.02. The molecule has 1 aliphatic heterocycles. The molecule has 4 N–H and O–H groups in total. The zero-order valence-corrected chi connectivity index (χ0v) is 17.7. The summed E-state index contributed by atoms with van der Waals surface area (Å²) in [6.07, 6.45) is 3.30. The van der Waals surface area contributed by atoms with Gasteiger partial charge in [-0.1, -0.05) is 38.0 Å². The Morgan fingerprint density at radius 3 is 2.78 bits per heavy atom. The Hall–Kier alpha value is -3.76. The second kappa shape index (κ2) is 8.77. The van der Waals surface area contributed by atoms with Gasteiger partial charge in [-0.25, -0.2) is 4.79 Å². The summed E-state index contributed by atoms with van der Waals surface area (Å²) in [5.41, 5.74) is 5.57. The number of urea groups is 1. The SMILES string of the molecule is C[C@H]1CCCC[C@]12NC(=O)N(CC(=O)OCc1nc(N)nc(Nc3ccccc3)n1)C2=O. The Morgan fingerprint density at radius 1 is 1.25 bits per heavy atom. The summed E-state index contributed by atoms with van der Waals surface area (Å²) < 4.78 is 5.20. The highest BCUT2D eigenvalue weighted by molar-refractivity contribution is 6.08. The number of nitrogens with one attached hydrogen (secondary N) is 2. The number of esters is 1. The number of imide groups is 1. The molecule has 3 amide bonds. The van der Waals surface area contributed by atoms with Crippen LogP contribution < -0.4 is 16.4 Å². The molecule has 1 spiro atoms. The maximum absolute atomic E-state index is 13.0. The Labute approximate surface area is 184 Å². The number of nitrogens with zero attached hydrogens (tertiary/aromatic N) is 4. The van der Waals surface area contributed by atoms with Crippen molar-refractivity contribution in [2.45, 2.75) is 44.8 Å². The number of para-hydroxylation sites is 1. The van der Waals surface area contributed by atoms with E-state index in [1.807, 2.05) is 37.3 Å². The molecular weight excluding hydrogens is 414 g/mol. The lowest BCUT2D eigenvalue weighted by atomic mass is 9.73. The number of amides is 3. The third kappa shape index (κ3) is 4.32. The van der Waals surface area contributed by atoms with Crippen LogP contribution in [0.25, 0.3) is 0 Å². The van der Waals surface area contributed by atoms with Crippen LogP contribution in [0.1, 0.15) is 38.4 Å². The molecule has 2 atom stereocenters. The minimum Gasteiger partial charge on any atom is -0.456 e. The Kier molecular flexibility index (Phi) is 5.89. The quantitative estimate of drug-likeness (QED) is 0.451. The average Bonchev–Trinajstić information content (AvgIpc) is 3.00. The van der Waals surface area contributed by atoms with E-state index >= 15 is 0 Å². The van der Waals surface area contributed by atoms with Crippen LogP contribution in [0.5, 0.6) is 0 Å². The van der Waals surface area contributed by atoms with Gasteiger partial charge in [0.15, 0.2) is 12.4 Å². The molecular formula is C21H25N7O4. The predicted molar refractivity (Wildman–Crippen MR) is 114 cm³/mol. The first-order valence-electron chi connectivity index (χ1n) is 10.5. The van der Waals surface area contributed by atoms with Crippen LogP contribution in [0.3, 0.4) is 0 Å². The van der Waals surface area contributed by atoms with Crippen LogP contribution in [0, 0.1) is 5.92 Å². The first kappa shape index (κ1) is 21.5. The van der Waals surface area contributed by atoms with Crippen LogP contribution in [0.4, 0.5) is 22.4 Å². The zero-order chi connectivity index (χ0) is 22.7. The molecule has 0 radical (unpaired) electrons. The third-order valence-electron chi connectivity index (χ3n) is 5.88. The van der Waals surface area contributed by atoms with E-state index in [1.165, 1.54) is 0 Å². The summed E-state index contributed by atoms with van der Waals surface area (Å²) in [4.78, 5) is 50.8. The fourth-order valence-corrected chi connectivity index (χ4v) is 4.17. The van der Waals surface area contributed by atoms with Gasteiger partial charge in [0.1, 0.15) is 12.1 Å². The fraction of sp³-hybridized carbons (Fsp3) is 0.429. The minimum absolute atomic E-state index is 0.0115. The monoisotopic (exact) mass is 439 g/mol. The number of aromatic nitrogens is 3. The Bertz CT molecular complexity index is 1030. The number of hydrogen-bond donors (Lipinski definition) is 3. The number of rotatable bonds is 6. The number of ether oxygens (including phenoxy) is 1. The highest BCUT2D eigenvalue weighted by Gasteiger charge is 2.55. The van der Waals surface area contributed by atoms with E-state index in [-0.39, 0.29) is 36.2 Å². The van der Waals surface area contributed by atoms with E-state index in [4.69, 9.17) is 10.5 Å². The molecule has 32 heavy (non-hydrogen) atoms. The maximum Gasteiger partial charge on any atom is 0.326 e. The van der Waals surface area contributed by atoms with Crippen molar-refractivity contribution in [2.75, 3.05) is 17.6 Å². The molecule has 1 aromatic heterocycles. The van der Waals surface area contributed by atoms with Crippen molar-refractivity contribution in [1.82, 2.24) is 25.2 Å². The molecule has 2 heterocycles. The van der Waals surface area contributed by atoms with Crippen molar-refractivity contribution in [1.29, 1.82) is 0 Å². The Morgan fingerprint density at radius 2 is 2.03 bits per heavy atom. The summed E-state index contributed by atoms with van der Waals surface area (Å²) in [5.74, 6) is -0.795. The molecule has 1 saturated heterocycles. The first-order chi connectivity index (χ1) is 15.4. The van der Waals surface area contributed by atoms with Crippen LogP contribution in [0.2, 0.25) is 0 Å². The molecule has 168 valence electrons. The molecule has 0 bridgehead atoms. The molecule has 11 nitrogen and oxygen atoms in total. The molecule has 2 fully saturated rings. The van der Waals surface area contributed by atoms with Gasteiger partial charge in [0, 0.05) is 5.69 Å². The molecule has 0 unspecified atom stereocenters. The summed E-state index contributed by atoms with van der Waals surface area (Å²) >= 11 is 0. The minimum atomic E-state index is -0.920. The molecule has 2 aromatic rings. The molecule has 11 heteroatoms. The normalized spacial score (nSPS) is 22.7. The zero-order valence-electron chi connectivity index (χ0n) is 17.7. The third-order valence-corrected chi connectivity index (χ3v) is 5.88. The highest BCUT2D eigenvalue weighted by atomic mass is 16.5. The number of nitrogen functional groups attached to an aromatic ring is 1. The molecule has 2 aliphatic rings. The van der Waals surface area contributed by atoms with Gasteiger partial charge in [0.05, 0.1) is 0 Å². The van der Waals surface area contributed by atoms with E-state index in [0.29, 0.717) is 6.42 Å². The van der Waals surface area contributed by atoms with Crippen LogP contribution in [-0.2, 0) is 20.9 Å². The van der Waals surface area contributed by atoms with E-state index in [2.05, 4.69) is 25.6 Å². The van der Waals surface area contributed by atoms with Gasteiger partial charge in [-0.15, -0.1) is 0 Å². The van der Waals surface area contributed by atoms with Gasteiger partial charge in [-0.3, -0.25) is 14.5 Å². The van der Waals surface area contributed by atoms with Crippen LogP contribution in [0.15, 0.2) is 30.3 Å². The molecule has 1 aliphatic carbocycles. The maximum atomic E-state index is 13.0. The smallest absolute Gasteiger partial charge is 0.326 e. The second-order valence-electron chi connectivity index (χ2n) is 8.02. The van der Waals surface area contributed by atoms with Crippen LogP contribution >= 0.6 is 0 Å². The molecule has 1 aromatic carbocycles. The average molecular weight is 439 g/mol. The number of anilines is 3. The first-order valence-corrected chi connectivity index (χ1v) is 10.5. The lowest BCUT2D eigenvalue weighted by Gasteiger charge is -2.36. The summed E-state index contributed by atoms with van der Waals surface area (Å²) in [7, 11) is 0. The van der Waals surface area contributed by atoms with Gasteiger partial charge in [-0.2, -0.15) is 15.0 Å². The standard InChI is InChI=1S/C21H25N7O4/c1-13-7-5-6-10-21(13)17(30)28(20(31)27-21)11-16(29)32-12-15-24-18(22)26-19(25-15)23-14-8-3-2-4-9-14/h2-4,8-9,13H,5-7,10-12H2,1H3,(H,27,31)(H3,22,23,24,25,26)/t13-,21-/m0/s1. The molecule has 4 rings (SSSR count). The van der Waals surface area contributed by atoms with Crippen molar-refractivity contribution >= 4 is 35.5 Å². The number of benzene rings is 1. The van der Waals surface area contributed by atoms with Crippen molar-refractivity contribution in [2.24, 2.45) is 5.92 Å². The van der Waals surface area contributed by atoms with E-state index in [9.17, 15) is 14.4 Å². The van der Waals surface area contributed by atoms with Gasteiger partial charge >= 0.3 is 12.0 Å². The number of hydrogen-bond acceptors (Lipinski definition) is 9. The van der Waals surface area contributed by atoms with Gasteiger partial charge < -0.3 is 21.1 Å². The lowest BCUT2D eigenvalue weighted by Crippen LogP contribution is -2.54. The predicted octanol–water partition coefficient (Wildman–Crippen LogP) is 1.74. The van der Waals surface area contributed by atoms with E-state index in [1.54, 1.807) is 0 Å². The van der Waals surface area contributed by atoms with Crippen molar-refractivity contribution < 1.29 is 19.1 Å². The van der Waals surface area contributed by atoms with Crippen LogP contribution in [-0.4, -0.2) is 49.8 Å². The van der Waals surface area contributed by atoms with Crippen molar-refractivity contribution in [3.05, 3.63) is 36.2 Å². The number of carbonyl (C=O) groups excluding carboxylic acids is 3. The lowest BCUT2D eigenvalue weighted by molar-refractivity contribution is -0.149. The summed E-state index contributed by atoms with van der Waals surface area (Å²) in [6.45, 7) is 1.19. The van der Waals surface area contributed by atoms with E-state index < -0.39 is 24.1 Å². The Balaban J connectivity index is 1.37. The number of nitrogens with two attached hydrogens (primary N) is 1.